The largest absolute Gasteiger partial charge is 0.495 e. The molecule has 1 saturated heterocycles. The molecule has 2 aromatic rings. The molecule has 1 aliphatic heterocycles. The van der Waals surface area contributed by atoms with Crippen LogP contribution < -0.4 is 19.7 Å². The number of thiophene rings is 1. The van der Waals surface area contributed by atoms with Crippen molar-refractivity contribution in [2.75, 3.05) is 31.6 Å². The van der Waals surface area contributed by atoms with Crippen LogP contribution in [0.4, 0.5) is 5.69 Å². The number of hydrogen-bond donors (Lipinski definition) is 2. The SMILES string of the molecule is COc1ccccc1N1C[C@@H](C(=O)NCCNS(=O)(=O)c2cccs2)CC1=O. The van der Waals surface area contributed by atoms with Crippen LogP contribution in [0.2, 0.25) is 0 Å². The van der Waals surface area contributed by atoms with Crippen molar-refractivity contribution >= 4 is 38.9 Å². The van der Waals surface area contributed by atoms with E-state index < -0.39 is 15.9 Å². The number of benzene rings is 1. The van der Waals surface area contributed by atoms with Crippen LogP contribution in [0.5, 0.6) is 5.75 Å². The first-order valence-electron chi connectivity index (χ1n) is 8.66. The van der Waals surface area contributed by atoms with Crippen LogP contribution in [0.25, 0.3) is 0 Å². The van der Waals surface area contributed by atoms with Gasteiger partial charge in [-0.3, -0.25) is 9.59 Å². The summed E-state index contributed by atoms with van der Waals surface area (Å²) in [7, 11) is -2.03. The number of rotatable bonds is 8. The van der Waals surface area contributed by atoms with Crippen molar-refractivity contribution in [2.24, 2.45) is 5.92 Å². The summed E-state index contributed by atoms with van der Waals surface area (Å²) in [6, 6.07) is 10.3. The second-order valence-corrected chi connectivity index (χ2v) is 9.14. The number of nitrogens with one attached hydrogen (secondary N) is 2. The van der Waals surface area contributed by atoms with Crippen LogP contribution in [-0.4, -0.2) is 47.0 Å². The van der Waals surface area contributed by atoms with Crippen LogP contribution in [0, 0.1) is 5.92 Å². The molecule has 0 bridgehead atoms. The molecule has 2 amide bonds. The third-order valence-corrected chi connectivity index (χ3v) is 7.21. The van der Waals surface area contributed by atoms with Gasteiger partial charge in [0.05, 0.1) is 18.7 Å². The molecule has 3 rings (SSSR count). The molecule has 2 heterocycles. The quantitative estimate of drug-likeness (QED) is 0.621. The predicted octanol–water partition coefficient (Wildman–Crippen LogP) is 1.20. The van der Waals surface area contributed by atoms with Crippen molar-refractivity contribution in [1.82, 2.24) is 10.0 Å². The molecule has 1 fully saturated rings. The van der Waals surface area contributed by atoms with E-state index in [1.807, 2.05) is 6.07 Å². The molecule has 0 unspecified atom stereocenters. The number of ether oxygens (including phenoxy) is 1. The molecule has 0 saturated carbocycles. The standard InChI is InChI=1S/C18H21N3O5S2/c1-26-15-6-3-2-5-14(15)21-12-13(11-16(21)22)18(23)19-8-9-20-28(24,25)17-7-4-10-27-17/h2-7,10,13,20H,8-9,11-12H2,1H3,(H,19,23)/t13-/m0/s1. The van der Waals surface area contributed by atoms with Gasteiger partial charge in [-0.1, -0.05) is 18.2 Å². The Morgan fingerprint density at radius 1 is 1.25 bits per heavy atom. The molecule has 1 atom stereocenters. The summed E-state index contributed by atoms with van der Waals surface area (Å²) in [6.07, 6.45) is 0.102. The summed E-state index contributed by atoms with van der Waals surface area (Å²) < 4.78 is 32.0. The minimum Gasteiger partial charge on any atom is -0.495 e. The fourth-order valence-electron chi connectivity index (χ4n) is 2.97. The normalized spacial score (nSPS) is 17.0. The van der Waals surface area contributed by atoms with E-state index in [1.165, 1.54) is 13.2 Å². The molecular formula is C18H21N3O5S2. The lowest BCUT2D eigenvalue weighted by atomic mass is 10.1. The summed E-state index contributed by atoms with van der Waals surface area (Å²) in [4.78, 5) is 26.3. The van der Waals surface area contributed by atoms with Gasteiger partial charge in [0, 0.05) is 26.1 Å². The summed E-state index contributed by atoms with van der Waals surface area (Å²) >= 11 is 1.12. The van der Waals surface area contributed by atoms with Crippen molar-refractivity contribution in [2.45, 2.75) is 10.6 Å². The summed E-state index contributed by atoms with van der Waals surface area (Å²) in [5.41, 5.74) is 0.633. The van der Waals surface area contributed by atoms with E-state index in [4.69, 9.17) is 4.74 Å². The zero-order chi connectivity index (χ0) is 20.1. The lowest BCUT2D eigenvalue weighted by Gasteiger charge is -2.19. The predicted molar refractivity (Wildman–Crippen MR) is 106 cm³/mol. The number of para-hydroxylation sites is 2. The monoisotopic (exact) mass is 423 g/mol. The first kappa shape index (κ1) is 20.3. The first-order valence-corrected chi connectivity index (χ1v) is 11.0. The van der Waals surface area contributed by atoms with Gasteiger partial charge >= 0.3 is 0 Å². The lowest BCUT2D eigenvalue weighted by molar-refractivity contribution is -0.126. The molecule has 0 aliphatic carbocycles. The van der Waals surface area contributed by atoms with Crippen LogP contribution in [0.15, 0.2) is 46.0 Å². The Labute approximate surface area is 167 Å². The smallest absolute Gasteiger partial charge is 0.250 e. The highest BCUT2D eigenvalue weighted by atomic mass is 32.2. The van der Waals surface area contributed by atoms with Gasteiger partial charge in [-0.2, -0.15) is 0 Å². The van der Waals surface area contributed by atoms with Gasteiger partial charge < -0.3 is 15.0 Å². The Balaban J connectivity index is 1.51. The van der Waals surface area contributed by atoms with E-state index in [-0.39, 0.29) is 42.1 Å². The maximum absolute atomic E-state index is 12.4. The van der Waals surface area contributed by atoms with Gasteiger partial charge in [-0.15, -0.1) is 11.3 Å². The van der Waals surface area contributed by atoms with E-state index in [2.05, 4.69) is 10.0 Å². The molecular weight excluding hydrogens is 402 g/mol. The van der Waals surface area contributed by atoms with Crippen molar-refractivity contribution in [3.63, 3.8) is 0 Å². The Kier molecular flexibility index (Phi) is 6.32. The number of anilines is 1. The molecule has 1 aliphatic rings. The van der Waals surface area contributed by atoms with Crippen molar-refractivity contribution < 1.29 is 22.7 Å². The van der Waals surface area contributed by atoms with E-state index in [0.717, 1.165) is 11.3 Å². The number of sulfonamides is 1. The van der Waals surface area contributed by atoms with Crippen molar-refractivity contribution in [3.8, 4) is 5.75 Å². The minimum atomic E-state index is -3.55. The van der Waals surface area contributed by atoms with Gasteiger partial charge in [0.15, 0.2) is 0 Å². The third kappa shape index (κ3) is 4.51. The van der Waals surface area contributed by atoms with Crippen LogP contribution in [0.1, 0.15) is 6.42 Å². The summed E-state index contributed by atoms with van der Waals surface area (Å²) in [5, 5.41) is 4.37. The average molecular weight is 424 g/mol. The number of carbonyl (C=O) groups is 2. The molecule has 1 aromatic carbocycles. The highest BCUT2D eigenvalue weighted by Crippen LogP contribution is 2.32. The fourth-order valence-corrected chi connectivity index (χ4v) is 5.04. The van der Waals surface area contributed by atoms with Gasteiger partial charge in [0.25, 0.3) is 0 Å². The highest BCUT2D eigenvalue weighted by molar-refractivity contribution is 7.91. The minimum absolute atomic E-state index is 0.0723. The second-order valence-electron chi connectivity index (χ2n) is 6.20. The van der Waals surface area contributed by atoms with E-state index >= 15 is 0 Å². The first-order chi connectivity index (χ1) is 13.4. The highest BCUT2D eigenvalue weighted by Gasteiger charge is 2.36. The second kappa shape index (κ2) is 8.72. The zero-order valence-electron chi connectivity index (χ0n) is 15.3. The Morgan fingerprint density at radius 2 is 2.04 bits per heavy atom. The Morgan fingerprint density at radius 3 is 2.75 bits per heavy atom. The van der Waals surface area contributed by atoms with Gasteiger partial charge in [0.2, 0.25) is 21.8 Å². The Bertz CT molecular complexity index is 944. The number of nitrogens with zero attached hydrogens (tertiary/aromatic N) is 1. The zero-order valence-corrected chi connectivity index (χ0v) is 16.9. The Hall–Kier alpha value is -2.43. The maximum Gasteiger partial charge on any atom is 0.250 e. The average Bonchev–Trinajstić information content (AvgIpc) is 3.35. The molecule has 28 heavy (non-hydrogen) atoms. The van der Waals surface area contributed by atoms with Crippen LogP contribution >= 0.6 is 11.3 Å². The molecule has 8 nitrogen and oxygen atoms in total. The molecule has 0 radical (unpaired) electrons. The topological polar surface area (TPSA) is 105 Å². The molecule has 2 N–H and O–H groups in total. The molecule has 10 heteroatoms. The third-order valence-electron chi connectivity index (χ3n) is 4.35. The number of hydrogen-bond acceptors (Lipinski definition) is 6. The number of amides is 2. The molecule has 1 aromatic heterocycles. The summed E-state index contributed by atoms with van der Waals surface area (Å²) in [6.45, 7) is 0.470. The lowest BCUT2D eigenvalue weighted by Crippen LogP contribution is -2.38. The van der Waals surface area contributed by atoms with Crippen molar-refractivity contribution in [3.05, 3.63) is 41.8 Å². The van der Waals surface area contributed by atoms with E-state index in [0.29, 0.717) is 11.4 Å². The van der Waals surface area contributed by atoms with E-state index in [1.54, 1.807) is 34.5 Å². The molecule has 0 spiro atoms. The van der Waals surface area contributed by atoms with Gasteiger partial charge in [0.1, 0.15) is 9.96 Å². The van der Waals surface area contributed by atoms with Crippen molar-refractivity contribution in [1.29, 1.82) is 0 Å². The fraction of sp³-hybridized carbons (Fsp3) is 0.333. The molecule has 150 valence electrons. The summed E-state index contributed by atoms with van der Waals surface area (Å²) in [5.74, 6) is -0.352. The van der Waals surface area contributed by atoms with Gasteiger partial charge in [-0.25, -0.2) is 13.1 Å². The number of methoxy groups -OCH3 is 1. The number of carbonyl (C=O) groups excluding carboxylic acids is 2. The maximum atomic E-state index is 12.4. The van der Waals surface area contributed by atoms with E-state index in [9.17, 15) is 18.0 Å². The van der Waals surface area contributed by atoms with Gasteiger partial charge in [-0.05, 0) is 23.6 Å². The van der Waals surface area contributed by atoms with Crippen LogP contribution in [-0.2, 0) is 19.6 Å². The van der Waals surface area contributed by atoms with Crippen LogP contribution in [0.3, 0.4) is 0 Å².